The topological polar surface area (TPSA) is 24.9 Å². The first-order valence-corrected chi connectivity index (χ1v) is 5.71. The van der Waals surface area contributed by atoms with Gasteiger partial charge in [0.2, 0.25) is 0 Å². The average Bonchev–Trinajstić information content (AvgIpc) is 2.33. The minimum atomic E-state index is -0.685. The van der Waals surface area contributed by atoms with Gasteiger partial charge in [-0.25, -0.2) is 13.8 Å². The number of nitrogens with zero attached hydrogens (tertiary/aromatic N) is 1. The number of pyridine rings is 1. The average molecular weight is 248 g/mol. The molecule has 0 saturated carbocycles. The van der Waals surface area contributed by atoms with Crippen molar-refractivity contribution in [1.82, 2.24) is 4.98 Å². The first-order chi connectivity index (χ1) is 8.58. The Morgan fingerprint density at radius 1 is 1.22 bits per heavy atom. The second-order valence-corrected chi connectivity index (χ2v) is 4.21. The lowest BCUT2D eigenvalue weighted by atomic mass is 10.0. The van der Waals surface area contributed by atoms with E-state index in [1.807, 2.05) is 38.1 Å². The van der Waals surface area contributed by atoms with Gasteiger partial charge in [0.1, 0.15) is 5.82 Å². The van der Waals surface area contributed by atoms with Crippen LogP contribution < -0.4 is 5.32 Å². The van der Waals surface area contributed by atoms with E-state index in [0.717, 1.165) is 23.4 Å². The maximum atomic E-state index is 13.5. The van der Waals surface area contributed by atoms with Gasteiger partial charge < -0.3 is 5.32 Å². The molecule has 1 N–H and O–H groups in total. The molecular weight excluding hydrogens is 234 g/mol. The maximum absolute atomic E-state index is 13.5. The lowest BCUT2D eigenvalue weighted by Crippen LogP contribution is -2.10. The first-order valence-electron chi connectivity index (χ1n) is 5.71. The molecule has 0 fully saturated rings. The standard InChI is InChI=1S/C14H14F2N2/c1-9-5-3-4-6-12(9)10(2)18-14-13(16)7-11(15)8-17-14/h3-8,10H,1-2H3,(H,17,18). The third kappa shape index (κ3) is 2.64. The number of nitrogens with one attached hydrogen (secondary N) is 1. The fourth-order valence-corrected chi connectivity index (χ4v) is 1.88. The second kappa shape index (κ2) is 5.12. The van der Waals surface area contributed by atoms with Crippen molar-refractivity contribution in [2.24, 2.45) is 0 Å². The van der Waals surface area contributed by atoms with E-state index in [1.165, 1.54) is 0 Å². The molecular formula is C14H14F2N2. The Morgan fingerprint density at radius 2 is 1.94 bits per heavy atom. The van der Waals surface area contributed by atoms with Gasteiger partial charge >= 0.3 is 0 Å². The third-order valence-corrected chi connectivity index (χ3v) is 2.82. The molecule has 2 rings (SSSR count). The number of anilines is 1. The van der Waals surface area contributed by atoms with Crippen molar-refractivity contribution in [3.05, 3.63) is 59.3 Å². The molecule has 0 bridgehead atoms. The Balaban J connectivity index is 2.21. The summed E-state index contributed by atoms with van der Waals surface area (Å²) in [5.41, 5.74) is 2.17. The number of rotatable bonds is 3. The summed E-state index contributed by atoms with van der Waals surface area (Å²) in [6, 6.07) is 8.55. The predicted octanol–water partition coefficient (Wildman–Crippen LogP) is 3.84. The quantitative estimate of drug-likeness (QED) is 0.892. The smallest absolute Gasteiger partial charge is 0.168 e. The van der Waals surface area contributed by atoms with Gasteiger partial charge in [0.15, 0.2) is 11.6 Å². The highest BCUT2D eigenvalue weighted by molar-refractivity contribution is 5.41. The highest BCUT2D eigenvalue weighted by Crippen LogP contribution is 2.22. The number of aryl methyl sites for hydroxylation is 1. The van der Waals surface area contributed by atoms with Crippen molar-refractivity contribution in [3.63, 3.8) is 0 Å². The van der Waals surface area contributed by atoms with Crippen molar-refractivity contribution in [2.45, 2.75) is 19.9 Å². The first kappa shape index (κ1) is 12.5. The monoisotopic (exact) mass is 248 g/mol. The van der Waals surface area contributed by atoms with Crippen LogP contribution in [-0.2, 0) is 0 Å². The number of hydrogen-bond donors (Lipinski definition) is 1. The zero-order valence-corrected chi connectivity index (χ0v) is 10.2. The minimum Gasteiger partial charge on any atom is -0.361 e. The van der Waals surface area contributed by atoms with Crippen LogP contribution in [0.5, 0.6) is 0 Å². The van der Waals surface area contributed by atoms with Gasteiger partial charge in [-0.3, -0.25) is 0 Å². The van der Waals surface area contributed by atoms with E-state index >= 15 is 0 Å². The molecule has 1 atom stereocenters. The molecule has 0 radical (unpaired) electrons. The van der Waals surface area contributed by atoms with Crippen LogP contribution in [-0.4, -0.2) is 4.98 Å². The fraction of sp³-hybridized carbons (Fsp3) is 0.214. The second-order valence-electron chi connectivity index (χ2n) is 4.21. The largest absolute Gasteiger partial charge is 0.361 e. The summed E-state index contributed by atoms with van der Waals surface area (Å²) in [4.78, 5) is 3.71. The van der Waals surface area contributed by atoms with Crippen molar-refractivity contribution in [2.75, 3.05) is 5.32 Å². The molecule has 1 heterocycles. The Morgan fingerprint density at radius 3 is 2.61 bits per heavy atom. The van der Waals surface area contributed by atoms with E-state index in [4.69, 9.17) is 0 Å². The molecule has 0 aliphatic heterocycles. The summed E-state index contributed by atoms with van der Waals surface area (Å²) in [6.45, 7) is 3.90. The molecule has 1 aromatic heterocycles. The Bertz CT molecular complexity index is 555. The molecule has 2 nitrogen and oxygen atoms in total. The van der Waals surface area contributed by atoms with Gasteiger partial charge in [-0.05, 0) is 25.0 Å². The predicted molar refractivity (Wildman–Crippen MR) is 67.4 cm³/mol. The summed E-state index contributed by atoms with van der Waals surface area (Å²) >= 11 is 0. The summed E-state index contributed by atoms with van der Waals surface area (Å²) in [7, 11) is 0. The van der Waals surface area contributed by atoms with Gasteiger partial charge in [0.05, 0.1) is 12.2 Å². The van der Waals surface area contributed by atoms with E-state index in [2.05, 4.69) is 10.3 Å². The van der Waals surface area contributed by atoms with Gasteiger partial charge in [-0.1, -0.05) is 24.3 Å². The molecule has 0 spiro atoms. The lowest BCUT2D eigenvalue weighted by molar-refractivity contribution is 0.574. The Labute approximate surface area is 105 Å². The molecule has 2 aromatic rings. The molecule has 18 heavy (non-hydrogen) atoms. The SMILES string of the molecule is Cc1ccccc1C(C)Nc1ncc(F)cc1F. The van der Waals surface area contributed by atoms with Crippen molar-refractivity contribution in [1.29, 1.82) is 0 Å². The zero-order chi connectivity index (χ0) is 13.1. The summed E-state index contributed by atoms with van der Waals surface area (Å²) < 4.78 is 26.2. The fourth-order valence-electron chi connectivity index (χ4n) is 1.88. The number of hydrogen-bond acceptors (Lipinski definition) is 2. The highest BCUT2D eigenvalue weighted by atomic mass is 19.1. The van der Waals surface area contributed by atoms with E-state index in [0.29, 0.717) is 0 Å². The lowest BCUT2D eigenvalue weighted by Gasteiger charge is -2.17. The van der Waals surface area contributed by atoms with E-state index in [1.54, 1.807) is 0 Å². The minimum absolute atomic E-state index is 0.0622. The van der Waals surface area contributed by atoms with Crippen LogP contribution in [0.1, 0.15) is 24.1 Å². The number of halogens is 2. The zero-order valence-electron chi connectivity index (χ0n) is 10.2. The van der Waals surface area contributed by atoms with Crippen LogP contribution in [0.3, 0.4) is 0 Å². The highest BCUT2D eigenvalue weighted by Gasteiger charge is 2.11. The van der Waals surface area contributed by atoms with Crippen LogP contribution in [0.25, 0.3) is 0 Å². The van der Waals surface area contributed by atoms with Crippen molar-refractivity contribution < 1.29 is 8.78 Å². The van der Waals surface area contributed by atoms with Crippen molar-refractivity contribution in [3.8, 4) is 0 Å². The van der Waals surface area contributed by atoms with E-state index in [9.17, 15) is 8.78 Å². The van der Waals surface area contributed by atoms with Gasteiger partial charge in [-0.15, -0.1) is 0 Å². The van der Waals surface area contributed by atoms with Crippen LogP contribution in [0.2, 0.25) is 0 Å². The van der Waals surface area contributed by atoms with Gasteiger partial charge in [0.25, 0.3) is 0 Å². The van der Waals surface area contributed by atoms with Crippen LogP contribution in [0, 0.1) is 18.6 Å². The molecule has 0 aliphatic rings. The number of aromatic nitrogens is 1. The summed E-state index contributed by atoms with van der Waals surface area (Å²) in [5.74, 6) is -1.30. The van der Waals surface area contributed by atoms with Gasteiger partial charge in [0, 0.05) is 6.07 Å². The third-order valence-electron chi connectivity index (χ3n) is 2.82. The molecule has 0 saturated heterocycles. The Hall–Kier alpha value is -1.97. The molecule has 94 valence electrons. The van der Waals surface area contributed by atoms with Crippen LogP contribution in [0.15, 0.2) is 36.5 Å². The Kier molecular flexibility index (Phi) is 3.55. The number of benzene rings is 1. The van der Waals surface area contributed by atoms with Gasteiger partial charge in [-0.2, -0.15) is 0 Å². The summed E-state index contributed by atoms with van der Waals surface area (Å²) in [5, 5.41) is 2.94. The van der Waals surface area contributed by atoms with E-state index in [-0.39, 0.29) is 11.9 Å². The summed E-state index contributed by atoms with van der Waals surface area (Å²) in [6.07, 6.45) is 0.996. The molecule has 4 heteroatoms. The normalized spacial score (nSPS) is 12.2. The molecule has 1 aromatic carbocycles. The maximum Gasteiger partial charge on any atom is 0.168 e. The van der Waals surface area contributed by atoms with Crippen LogP contribution >= 0.6 is 0 Å². The van der Waals surface area contributed by atoms with Crippen LogP contribution in [0.4, 0.5) is 14.6 Å². The van der Waals surface area contributed by atoms with Crippen molar-refractivity contribution >= 4 is 5.82 Å². The molecule has 0 amide bonds. The molecule has 1 unspecified atom stereocenters. The van der Waals surface area contributed by atoms with E-state index < -0.39 is 11.6 Å². The molecule has 0 aliphatic carbocycles.